The molecule has 1 fully saturated rings. The third-order valence-electron chi connectivity index (χ3n) is 4.27. The number of hydrogen-bond acceptors (Lipinski definition) is 3. The van der Waals surface area contributed by atoms with Crippen molar-refractivity contribution in [2.75, 3.05) is 13.1 Å². The minimum absolute atomic E-state index is 0.296. The van der Waals surface area contributed by atoms with Gasteiger partial charge in [0.2, 0.25) is 5.91 Å². The Morgan fingerprint density at radius 3 is 2.86 bits per heavy atom. The molecular weight excluding hydrogens is 278 g/mol. The number of nitrogens with two attached hydrogens (primary N) is 1. The third-order valence-corrected chi connectivity index (χ3v) is 4.27. The molecule has 22 heavy (non-hydrogen) atoms. The first-order chi connectivity index (χ1) is 10.5. The molecule has 5 heteroatoms. The molecule has 1 aliphatic rings. The first-order valence-electron chi connectivity index (χ1n) is 7.88. The molecule has 0 bridgehead atoms. The summed E-state index contributed by atoms with van der Waals surface area (Å²) >= 11 is 0. The van der Waals surface area contributed by atoms with Crippen molar-refractivity contribution in [3.63, 3.8) is 0 Å². The van der Waals surface area contributed by atoms with E-state index in [2.05, 4.69) is 42.3 Å². The lowest BCUT2D eigenvalue weighted by Gasteiger charge is -2.26. The predicted octanol–water partition coefficient (Wildman–Crippen LogP) is 2.42. The standard InChI is InChI=1S/C17H25N3O2/c1-12-7-8-13(2)14(11-12)15-5-3-9-20(15)10-4-6-16(21)19-17(18)22/h7-8,11,15H,3-6,9-10H2,1-2H3,(H3,18,19,21,22)/t15-/m0/s1. The minimum atomic E-state index is -0.778. The molecule has 1 heterocycles. The van der Waals surface area contributed by atoms with Crippen LogP contribution >= 0.6 is 0 Å². The maximum atomic E-state index is 11.4. The Morgan fingerprint density at radius 2 is 2.14 bits per heavy atom. The number of nitrogens with zero attached hydrogens (tertiary/aromatic N) is 1. The van der Waals surface area contributed by atoms with E-state index in [4.69, 9.17) is 5.73 Å². The summed E-state index contributed by atoms with van der Waals surface area (Å²) in [7, 11) is 0. The second kappa shape index (κ2) is 7.40. The number of likely N-dealkylation sites (tertiary alicyclic amines) is 1. The van der Waals surface area contributed by atoms with Crippen LogP contribution < -0.4 is 11.1 Å². The average molecular weight is 303 g/mol. The van der Waals surface area contributed by atoms with Crippen molar-refractivity contribution >= 4 is 11.9 Å². The van der Waals surface area contributed by atoms with E-state index in [-0.39, 0.29) is 5.91 Å². The highest BCUT2D eigenvalue weighted by Gasteiger charge is 2.26. The summed E-state index contributed by atoms with van der Waals surface area (Å²) in [6.45, 7) is 6.21. The van der Waals surface area contributed by atoms with Crippen LogP contribution in [0.15, 0.2) is 18.2 Å². The zero-order valence-corrected chi connectivity index (χ0v) is 13.4. The normalized spacial score (nSPS) is 18.4. The highest BCUT2D eigenvalue weighted by molar-refractivity contribution is 5.93. The van der Waals surface area contributed by atoms with Crippen molar-refractivity contribution < 1.29 is 9.59 Å². The average Bonchev–Trinajstić information content (AvgIpc) is 2.89. The molecule has 0 radical (unpaired) electrons. The molecule has 0 spiro atoms. The smallest absolute Gasteiger partial charge is 0.318 e. The van der Waals surface area contributed by atoms with E-state index in [1.54, 1.807) is 0 Å². The fourth-order valence-electron chi connectivity index (χ4n) is 3.21. The van der Waals surface area contributed by atoms with E-state index in [0.717, 1.165) is 25.9 Å². The second-order valence-corrected chi connectivity index (χ2v) is 6.07. The lowest BCUT2D eigenvalue weighted by atomic mass is 9.97. The van der Waals surface area contributed by atoms with Crippen molar-refractivity contribution in [2.24, 2.45) is 5.73 Å². The highest BCUT2D eigenvalue weighted by Crippen LogP contribution is 2.34. The van der Waals surface area contributed by atoms with Crippen LogP contribution in [0.5, 0.6) is 0 Å². The van der Waals surface area contributed by atoms with Crippen LogP contribution in [0.3, 0.4) is 0 Å². The number of hydrogen-bond donors (Lipinski definition) is 2. The zero-order valence-electron chi connectivity index (χ0n) is 13.4. The summed E-state index contributed by atoms with van der Waals surface area (Å²) in [5.74, 6) is -0.296. The number of nitrogens with one attached hydrogen (secondary N) is 1. The molecule has 3 N–H and O–H groups in total. The van der Waals surface area contributed by atoms with Gasteiger partial charge in [0.15, 0.2) is 0 Å². The predicted molar refractivity (Wildman–Crippen MR) is 86.4 cm³/mol. The zero-order chi connectivity index (χ0) is 16.1. The number of primary amides is 1. The van der Waals surface area contributed by atoms with Gasteiger partial charge in [-0.25, -0.2) is 4.79 Å². The number of amides is 3. The summed E-state index contributed by atoms with van der Waals surface area (Å²) in [5, 5.41) is 2.11. The first kappa shape index (κ1) is 16.5. The lowest BCUT2D eigenvalue weighted by Crippen LogP contribution is -2.35. The van der Waals surface area contributed by atoms with E-state index < -0.39 is 6.03 Å². The molecule has 0 saturated carbocycles. The summed E-state index contributed by atoms with van der Waals surface area (Å²) < 4.78 is 0. The van der Waals surface area contributed by atoms with Crippen molar-refractivity contribution in [3.8, 4) is 0 Å². The maximum absolute atomic E-state index is 11.4. The van der Waals surface area contributed by atoms with Crippen LogP contribution in [0.25, 0.3) is 0 Å². The summed E-state index contributed by atoms with van der Waals surface area (Å²) in [5.41, 5.74) is 8.95. The number of benzene rings is 1. The molecule has 1 aromatic carbocycles. The van der Waals surface area contributed by atoms with Gasteiger partial charge in [0.05, 0.1) is 0 Å². The minimum Gasteiger partial charge on any atom is -0.351 e. The van der Waals surface area contributed by atoms with E-state index in [1.165, 1.54) is 23.1 Å². The van der Waals surface area contributed by atoms with Gasteiger partial charge in [0.1, 0.15) is 0 Å². The highest BCUT2D eigenvalue weighted by atomic mass is 16.2. The fourth-order valence-corrected chi connectivity index (χ4v) is 3.21. The SMILES string of the molecule is Cc1ccc(C)c([C@@H]2CCCN2CCCC(=O)NC(N)=O)c1. The molecule has 1 saturated heterocycles. The summed E-state index contributed by atoms with van der Waals surface area (Å²) in [6.07, 6.45) is 3.42. The number of aryl methyl sites for hydroxylation is 2. The topological polar surface area (TPSA) is 75.4 Å². The Morgan fingerprint density at radius 1 is 1.36 bits per heavy atom. The summed E-state index contributed by atoms with van der Waals surface area (Å²) in [6, 6.07) is 6.27. The van der Waals surface area contributed by atoms with E-state index in [9.17, 15) is 9.59 Å². The molecule has 3 amide bonds. The fraction of sp³-hybridized carbons (Fsp3) is 0.529. The monoisotopic (exact) mass is 303 g/mol. The molecule has 1 aliphatic heterocycles. The molecule has 1 atom stereocenters. The molecule has 1 aromatic rings. The molecule has 2 rings (SSSR count). The molecule has 5 nitrogen and oxygen atoms in total. The molecular formula is C17H25N3O2. The summed E-state index contributed by atoms with van der Waals surface area (Å²) in [4.78, 5) is 24.5. The van der Waals surface area contributed by atoms with Gasteiger partial charge in [0, 0.05) is 12.5 Å². The quantitative estimate of drug-likeness (QED) is 0.877. The number of carbonyl (C=O) groups excluding carboxylic acids is 2. The van der Waals surface area contributed by atoms with Gasteiger partial charge >= 0.3 is 6.03 Å². The first-order valence-corrected chi connectivity index (χ1v) is 7.88. The lowest BCUT2D eigenvalue weighted by molar-refractivity contribution is -0.120. The number of carbonyl (C=O) groups is 2. The largest absolute Gasteiger partial charge is 0.351 e. The maximum Gasteiger partial charge on any atom is 0.318 e. The van der Waals surface area contributed by atoms with Gasteiger partial charge in [0.25, 0.3) is 0 Å². The Balaban J connectivity index is 1.92. The van der Waals surface area contributed by atoms with Crippen LogP contribution in [0.1, 0.15) is 48.4 Å². The number of rotatable bonds is 5. The van der Waals surface area contributed by atoms with Gasteiger partial charge in [-0.2, -0.15) is 0 Å². The number of imide groups is 1. The molecule has 0 unspecified atom stereocenters. The molecule has 0 aromatic heterocycles. The van der Waals surface area contributed by atoms with Crippen LogP contribution in [0, 0.1) is 13.8 Å². The van der Waals surface area contributed by atoms with E-state index in [1.807, 2.05) is 0 Å². The van der Waals surface area contributed by atoms with Crippen LogP contribution in [0.4, 0.5) is 4.79 Å². The van der Waals surface area contributed by atoms with Gasteiger partial charge < -0.3 is 5.73 Å². The molecule has 120 valence electrons. The van der Waals surface area contributed by atoms with Crippen molar-refractivity contribution in [1.29, 1.82) is 0 Å². The Bertz CT molecular complexity index is 557. The van der Waals surface area contributed by atoms with Crippen LogP contribution in [-0.4, -0.2) is 29.9 Å². The molecule has 0 aliphatic carbocycles. The van der Waals surface area contributed by atoms with Crippen LogP contribution in [0.2, 0.25) is 0 Å². The van der Waals surface area contributed by atoms with Gasteiger partial charge in [-0.1, -0.05) is 23.8 Å². The number of urea groups is 1. The second-order valence-electron chi connectivity index (χ2n) is 6.07. The Labute approximate surface area is 131 Å². The van der Waals surface area contributed by atoms with Crippen molar-refractivity contribution in [3.05, 3.63) is 34.9 Å². The van der Waals surface area contributed by atoms with E-state index in [0.29, 0.717) is 12.5 Å². The third kappa shape index (κ3) is 4.31. The van der Waals surface area contributed by atoms with Crippen LogP contribution in [-0.2, 0) is 4.79 Å². The van der Waals surface area contributed by atoms with E-state index >= 15 is 0 Å². The van der Waals surface area contributed by atoms with Crippen molar-refractivity contribution in [2.45, 2.75) is 45.6 Å². The Hall–Kier alpha value is -1.88. The van der Waals surface area contributed by atoms with Gasteiger partial charge in [-0.05, 0) is 57.3 Å². The Kier molecular flexibility index (Phi) is 5.55. The van der Waals surface area contributed by atoms with Crippen molar-refractivity contribution in [1.82, 2.24) is 10.2 Å². The van der Waals surface area contributed by atoms with Gasteiger partial charge in [-0.15, -0.1) is 0 Å². The van der Waals surface area contributed by atoms with Gasteiger partial charge in [-0.3, -0.25) is 15.0 Å².